The van der Waals surface area contributed by atoms with Crippen LogP contribution in [-0.4, -0.2) is 60.0 Å². The maximum atomic E-state index is 12.4. The molecule has 2 aromatic rings. The molecular formula is C20H21ClN2O4S. The third kappa shape index (κ3) is 4.91. The summed E-state index contributed by atoms with van der Waals surface area (Å²) in [6, 6.07) is 14.1. The molecule has 1 heterocycles. The summed E-state index contributed by atoms with van der Waals surface area (Å²) in [5.74, 6) is -0.883. The second-order valence-corrected chi connectivity index (χ2v) is 8.16. The summed E-state index contributed by atoms with van der Waals surface area (Å²) in [7, 11) is -1.31. The van der Waals surface area contributed by atoms with E-state index in [0.29, 0.717) is 36.1 Å². The number of nitrogens with zero attached hydrogens (tertiary/aromatic N) is 2. The molecule has 1 fully saturated rings. The Morgan fingerprint density at radius 3 is 2.46 bits per heavy atom. The Hall–Kier alpha value is -2.38. The van der Waals surface area contributed by atoms with Crippen LogP contribution >= 0.6 is 11.6 Å². The largest absolute Gasteiger partial charge is 0.452 e. The molecule has 1 saturated heterocycles. The number of halogens is 1. The normalized spacial score (nSPS) is 15.2. The van der Waals surface area contributed by atoms with Crippen molar-refractivity contribution in [3.8, 4) is 0 Å². The van der Waals surface area contributed by atoms with Gasteiger partial charge in [0.05, 0.1) is 21.3 Å². The lowest BCUT2D eigenvalue weighted by Crippen LogP contribution is -2.49. The maximum Gasteiger partial charge on any atom is 0.339 e. The molecule has 0 N–H and O–H groups in total. The first kappa shape index (κ1) is 20.4. The van der Waals surface area contributed by atoms with Crippen LogP contribution in [0.4, 0.5) is 5.69 Å². The fraction of sp³-hybridized carbons (Fsp3) is 0.300. The molecule has 1 aliphatic rings. The highest BCUT2D eigenvalue weighted by Crippen LogP contribution is 2.21. The van der Waals surface area contributed by atoms with Crippen LogP contribution in [-0.2, 0) is 20.3 Å². The number of carbonyl (C=O) groups is 2. The van der Waals surface area contributed by atoms with E-state index in [-0.39, 0.29) is 18.1 Å². The Labute approximate surface area is 171 Å². The second-order valence-electron chi connectivity index (χ2n) is 6.37. The molecule has 0 aliphatic carbocycles. The van der Waals surface area contributed by atoms with Crippen LogP contribution in [0.3, 0.4) is 0 Å². The molecule has 0 spiro atoms. The van der Waals surface area contributed by atoms with Crippen LogP contribution in [0.2, 0.25) is 5.02 Å². The molecule has 3 rings (SSSR count). The average molecular weight is 421 g/mol. The molecule has 0 saturated carbocycles. The topological polar surface area (TPSA) is 66.9 Å². The first-order chi connectivity index (χ1) is 13.5. The van der Waals surface area contributed by atoms with Crippen molar-refractivity contribution in [2.24, 2.45) is 0 Å². The predicted octanol–water partition coefficient (Wildman–Crippen LogP) is 2.58. The maximum absolute atomic E-state index is 12.4. The molecule has 8 heteroatoms. The van der Waals surface area contributed by atoms with E-state index in [1.165, 1.54) is 6.26 Å². The van der Waals surface area contributed by atoms with E-state index in [1.807, 2.05) is 24.3 Å². The monoisotopic (exact) mass is 420 g/mol. The van der Waals surface area contributed by atoms with Gasteiger partial charge in [0, 0.05) is 43.1 Å². The van der Waals surface area contributed by atoms with E-state index < -0.39 is 16.8 Å². The Morgan fingerprint density at radius 2 is 1.79 bits per heavy atom. The lowest BCUT2D eigenvalue weighted by molar-refractivity contribution is -0.134. The zero-order chi connectivity index (χ0) is 20.1. The zero-order valence-electron chi connectivity index (χ0n) is 15.5. The van der Waals surface area contributed by atoms with Gasteiger partial charge in [0.25, 0.3) is 5.91 Å². The number of anilines is 1. The molecule has 0 radical (unpaired) electrons. The lowest BCUT2D eigenvalue weighted by Gasteiger charge is -2.36. The molecule has 0 unspecified atom stereocenters. The molecule has 0 bridgehead atoms. The van der Waals surface area contributed by atoms with Crippen LogP contribution in [0, 0.1) is 0 Å². The predicted molar refractivity (Wildman–Crippen MR) is 109 cm³/mol. The smallest absolute Gasteiger partial charge is 0.339 e. The zero-order valence-corrected chi connectivity index (χ0v) is 17.0. The van der Waals surface area contributed by atoms with Crippen molar-refractivity contribution in [1.82, 2.24) is 4.90 Å². The second kappa shape index (κ2) is 9.21. The Balaban J connectivity index is 1.52. The van der Waals surface area contributed by atoms with Crippen LogP contribution in [0.25, 0.3) is 0 Å². The van der Waals surface area contributed by atoms with Crippen molar-refractivity contribution < 1.29 is 18.5 Å². The van der Waals surface area contributed by atoms with Gasteiger partial charge in [0.2, 0.25) is 0 Å². The quantitative estimate of drug-likeness (QED) is 0.695. The highest BCUT2D eigenvalue weighted by molar-refractivity contribution is 7.84. The summed E-state index contributed by atoms with van der Waals surface area (Å²) in [6.07, 6.45) is 1.50. The molecule has 6 nitrogen and oxygen atoms in total. The number of carbonyl (C=O) groups excluding carboxylic acids is 2. The molecule has 1 atom stereocenters. The number of benzene rings is 2. The van der Waals surface area contributed by atoms with Crippen LogP contribution in [0.5, 0.6) is 0 Å². The number of hydrogen-bond donors (Lipinski definition) is 0. The van der Waals surface area contributed by atoms with E-state index in [2.05, 4.69) is 4.90 Å². The standard InChI is InChI=1S/C20H21ClN2O4S/c1-28(26)18-8-3-2-7-17(18)20(25)27-14-19(24)23-11-9-22(10-12-23)16-6-4-5-15(21)13-16/h2-8,13H,9-12,14H2,1H3/t28-/m0/s1. The van der Waals surface area contributed by atoms with E-state index in [9.17, 15) is 13.8 Å². The number of hydrogen-bond acceptors (Lipinski definition) is 5. The van der Waals surface area contributed by atoms with Gasteiger partial charge < -0.3 is 14.5 Å². The summed E-state index contributed by atoms with van der Waals surface area (Å²) in [5.41, 5.74) is 1.25. The molecule has 0 aromatic heterocycles. The van der Waals surface area contributed by atoms with Crippen LogP contribution in [0.1, 0.15) is 10.4 Å². The van der Waals surface area contributed by atoms with Gasteiger partial charge in [0.15, 0.2) is 6.61 Å². The number of esters is 1. The lowest BCUT2D eigenvalue weighted by atomic mass is 10.2. The molecule has 28 heavy (non-hydrogen) atoms. The fourth-order valence-corrected chi connectivity index (χ4v) is 3.98. The van der Waals surface area contributed by atoms with Gasteiger partial charge in [-0.3, -0.25) is 9.00 Å². The number of amides is 1. The van der Waals surface area contributed by atoms with E-state index in [1.54, 1.807) is 29.2 Å². The SMILES string of the molecule is C[S@](=O)c1ccccc1C(=O)OCC(=O)N1CCN(c2cccc(Cl)c2)CC1. The van der Waals surface area contributed by atoms with Gasteiger partial charge in [-0.15, -0.1) is 0 Å². The van der Waals surface area contributed by atoms with Crippen molar-refractivity contribution in [3.63, 3.8) is 0 Å². The average Bonchev–Trinajstić information content (AvgIpc) is 2.71. The number of ether oxygens (including phenoxy) is 1. The van der Waals surface area contributed by atoms with Crippen molar-refractivity contribution in [2.45, 2.75) is 4.90 Å². The number of piperazine rings is 1. The Kier molecular flexibility index (Phi) is 6.70. The van der Waals surface area contributed by atoms with E-state index in [0.717, 1.165) is 5.69 Å². The molecule has 1 amide bonds. The first-order valence-corrected chi connectivity index (χ1v) is 10.8. The third-order valence-electron chi connectivity index (χ3n) is 4.55. The molecule has 1 aliphatic heterocycles. The minimum atomic E-state index is -1.31. The Morgan fingerprint density at radius 1 is 1.07 bits per heavy atom. The van der Waals surface area contributed by atoms with Gasteiger partial charge in [-0.2, -0.15) is 0 Å². The molecule has 2 aromatic carbocycles. The van der Waals surface area contributed by atoms with Crippen molar-refractivity contribution in [1.29, 1.82) is 0 Å². The van der Waals surface area contributed by atoms with Crippen molar-refractivity contribution in [3.05, 3.63) is 59.1 Å². The van der Waals surface area contributed by atoms with Gasteiger partial charge in [0.1, 0.15) is 0 Å². The Bertz CT molecular complexity index is 897. The molecular weight excluding hydrogens is 400 g/mol. The first-order valence-electron chi connectivity index (χ1n) is 8.83. The highest BCUT2D eigenvalue weighted by Gasteiger charge is 2.23. The van der Waals surface area contributed by atoms with Gasteiger partial charge in [-0.1, -0.05) is 29.8 Å². The van der Waals surface area contributed by atoms with Crippen LogP contribution < -0.4 is 4.90 Å². The van der Waals surface area contributed by atoms with Crippen molar-refractivity contribution >= 4 is 40.0 Å². The third-order valence-corrected chi connectivity index (χ3v) is 5.76. The van der Waals surface area contributed by atoms with E-state index in [4.69, 9.17) is 16.3 Å². The van der Waals surface area contributed by atoms with Gasteiger partial charge in [-0.25, -0.2) is 4.79 Å². The van der Waals surface area contributed by atoms with E-state index >= 15 is 0 Å². The summed E-state index contributed by atoms with van der Waals surface area (Å²) in [4.78, 5) is 28.9. The summed E-state index contributed by atoms with van der Waals surface area (Å²) in [6.45, 7) is 2.10. The summed E-state index contributed by atoms with van der Waals surface area (Å²) < 4.78 is 16.9. The van der Waals surface area contributed by atoms with Gasteiger partial charge >= 0.3 is 5.97 Å². The number of rotatable bonds is 5. The van der Waals surface area contributed by atoms with Gasteiger partial charge in [-0.05, 0) is 30.3 Å². The minimum Gasteiger partial charge on any atom is -0.452 e. The fourth-order valence-electron chi connectivity index (χ4n) is 3.07. The van der Waals surface area contributed by atoms with Crippen molar-refractivity contribution in [2.75, 3.05) is 43.9 Å². The summed E-state index contributed by atoms with van der Waals surface area (Å²) in [5, 5.41) is 0.677. The summed E-state index contributed by atoms with van der Waals surface area (Å²) >= 11 is 6.04. The minimum absolute atomic E-state index is 0.224. The highest BCUT2D eigenvalue weighted by atomic mass is 35.5. The van der Waals surface area contributed by atoms with Crippen LogP contribution in [0.15, 0.2) is 53.4 Å². The molecule has 148 valence electrons.